The van der Waals surface area contributed by atoms with Gasteiger partial charge < -0.3 is 10.1 Å². The van der Waals surface area contributed by atoms with Crippen LogP contribution in [0.4, 0.5) is 22.7 Å². The molecule has 0 bridgehead atoms. The highest BCUT2D eigenvalue weighted by Gasteiger charge is 2.18. The monoisotopic (exact) mass is 446 g/mol. The van der Waals surface area contributed by atoms with E-state index in [2.05, 4.69) is 38.1 Å². The first-order valence-electron chi connectivity index (χ1n) is 8.22. The Morgan fingerprint density at radius 3 is 2.64 bits per heavy atom. The molecule has 0 aliphatic carbocycles. The number of nitrogens with one attached hydrogen (secondary N) is 1. The third-order valence-corrected chi connectivity index (χ3v) is 4.32. The Balaban J connectivity index is 2.60. The van der Waals surface area contributed by atoms with E-state index in [-0.39, 0.29) is 17.3 Å². The van der Waals surface area contributed by atoms with Gasteiger partial charge in [0.2, 0.25) is 5.91 Å². The van der Waals surface area contributed by atoms with Gasteiger partial charge in [0.15, 0.2) is 5.69 Å². The minimum Gasteiger partial charge on any atom is -0.496 e. The predicted molar refractivity (Wildman–Crippen MR) is 111 cm³/mol. The molecule has 9 heteroatoms. The van der Waals surface area contributed by atoms with E-state index in [1.165, 1.54) is 20.1 Å². The van der Waals surface area contributed by atoms with Crippen molar-refractivity contribution in [1.82, 2.24) is 0 Å². The summed E-state index contributed by atoms with van der Waals surface area (Å²) in [5.74, 6) is 0.258. The van der Waals surface area contributed by atoms with Crippen molar-refractivity contribution in [3.63, 3.8) is 0 Å². The minimum atomic E-state index is -0.519. The van der Waals surface area contributed by atoms with Gasteiger partial charge in [0.05, 0.1) is 22.2 Å². The second-order valence-electron chi connectivity index (χ2n) is 5.93. The minimum absolute atomic E-state index is 0.0820. The molecular weight excluding hydrogens is 428 g/mol. The maximum Gasteiger partial charge on any atom is 0.298 e. The zero-order valence-corrected chi connectivity index (χ0v) is 17.2. The van der Waals surface area contributed by atoms with Gasteiger partial charge in [-0.2, -0.15) is 0 Å². The second kappa shape index (κ2) is 9.23. The summed E-state index contributed by atoms with van der Waals surface area (Å²) in [4.78, 5) is 22.4. The molecule has 0 saturated carbocycles. The largest absolute Gasteiger partial charge is 0.496 e. The molecule has 0 aliphatic heterocycles. The molecule has 2 rings (SSSR count). The SMILES string of the molecule is C=CCc1cc(NC(C)=O)c(N=Nc2c(Br)cc(C)cc2[N+](=O)[O-])cc1OC. The molecule has 0 aromatic heterocycles. The van der Waals surface area contributed by atoms with Crippen molar-refractivity contribution < 1.29 is 14.5 Å². The van der Waals surface area contributed by atoms with E-state index >= 15 is 0 Å². The fourth-order valence-electron chi connectivity index (χ4n) is 2.55. The molecule has 0 unspecified atom stereocenters. The van der Waals surface area contributed by atoms with Gasteiger partial charge in [-0.15, -0.1) is 16.8 Å². The number of benzene rings is 2. The van der Waals surface area contributed by atoms with Gasteiger partial charge >= 0.3 is 0 Å². The number of methoxy groups -OCH3 is 1. The zero-order valence-electron chi connectivity index (χ0n) is 15.7. The molecule has 0 aliphatic rings. The van der Waals surface area contributed by atoms with Crippen LogP contribution < -0.4 is 10.1 Å². The lowest BCUT2D eigenvalue weighted by Crippen LogP contribution is -2.06. The maximum atomic E-state index is 11.6. The third kappa shape index (κ3) is 5.01. The van der Waals surface area contributed by atoms with E-state index in [9.17, 15) is 14.9 Å². The Labute approximate surface area is 170 Å². The van der Waals surface area contributed by atoms with Crippen LogP contribution in [-0.2, 0) is 11.2 Å². The summed E-state index contributed by atoms with van der Waals surface area (Å²) in [5, 5.41) is 22.3. The Morgan fingerprint density at radius 2 is 2.07 bits per heavy atom. The quantitative estimate of drug-likeness (QED) is 0.251. The zero-order chi connectivity index (χ0) is 20.8. The number of hydrogen-bond donors (Lipinski definition) is 1. The topological polar surface area (TPSA) is 106 Å². The predicted octanol–water partition coefficient (Wildman–Crippen LogP) is 5.78. The summed E-state index contributed by atoms with van der Waals surface area (Å²) in [6, 6.07) is 6.46. The van der Waals surface area contributed by atoms with Crippen molar-refractivity contribution in [3.8, 4) is 5.75 Å². The van der Waals surface area contributed by atoms with Crippen LogP contribution in [0.1, 0.15) is 18.1 Å². The van der Waals surface area contributed by atoms with Crippen molar-refractivity contribution in [2.75, 3.05) is 12.4 Å². The highest BCUT2D eigenvalue weighted by molar-refractivity contribution is 9.10. The number of carbonyl (C=O) groups excluding carboxylic acids is 1. The van der Waals surface area contributed by atoms with Crippen molar-refractivity contribution in [1.29, 1.82) is 0 Å². The van der Waals surface area contributed by atoms with E-state index in [1.807, 2.05) is 0 Å². The molecule has 0 radical (unpaired) electrons. The van der Waals surface area contributed by atoms with E-state index in [4.69, 9.17) is 4.74 Å². The summed E-state index contributed by atoms with van der Waals surface area (Å²) >= 11 is 3.30. The van der Waals surface area contributed by atoms with Crippen LogP contribution in [0.3, 0.4) is 0 Å². The normalized spacial score (nSPS) is 10.7. The second-order valence-corrected chi connectivity index (χ2v) is 6.78. The molecule has 8 nitrogen and oxygen atoms in total. The number of carbonyl (C=O) groups is 1. The lowest BCUT2D eigenvalue weighted by molar-refractivity contribution is -0.384. The molecule has 1 amide bonds. The Morgan fingerprint density at radius 1 is 1.36 bits per heavy atom. The number of hydrogen-bond acceptors (Lipinski definition) is 6. The number of aryl methyl sites for hydroxylation is 1. The van der Waals surface area contributed by atoms with Crippen LogP contribution in [0.2, 0.25) is 0 Å². The molecule has 0 fully saturated rings. The van der Waals surface area contributed by atoms with Crippen molar-refractivity contribution in [2.24, 2.45) is 10.2 Å². The lowest BCUT2D eigenvalue weighted by atomic mass is 10.1. The van der Waals surface area contributed by atoms with Crippen LogP contribution in [0, 0.1) is 17.0 Å². The number of anilines is 1. The number of rotatable bonds is 7. The molecule has 2 aromatic carbocycles. The standard InChI is InChI=1S/C19H19BrN4O4/c1-5-6-13-9-15(21-12(3)25)16(10-18(13)28-4)22-23-19-14(20)7-11(2)8-17(19)24(26)27/h5,7-10H,1,6H2,2-4H3,(H,21,25). The van der Waals surface area contributed by atoms with Gasteiger partial charge in [0.1, 0.15) is 11.4 Å². The Bertz CT molecular complexity index is 973. The van der Waals surface area contributed by atoms with Crippen LogP contribution >= 0.6 is 15.9 Å². The number of halogens is 1. The first-order chi connectivity index (χ1) is 13.3. The van der Waals surface area contributed by atoms with Crippen molar-refractivity contribution >= 4 is 44.6 Å². The highest BCUT2D eigenvalue weighted by Crippen LogP contribution is 2.39. The number of azo groups is 1. The molecule has 28 heavy (non-hydrogen) atoms. The Kier molecular flexibility index (Phi) is 7.00. The first-order valence-corrected chi connectivity index (χ1v) is 9.01. The smallest absolute Gasteiger partial charge is 0.298 e. The molecule has 0 spiro atoms. The summed E-state index contributed by atoms with van der Waals surface area (Å²) in [6.07, 6.45) is 2.24. The summed E-state index contributed by atoms with van der Waals surface area (Å²) < 4.78 is 5.82. The fraction of sp³-hybridized carbons (Fsp3) is 0.211. The van der Waals surface area contributed by atoms with Crippen LogP contribution in [0.5, 0.6) is 5.75 Å². The van der Waals surface area contributed by atoms with Gasteiger partial charge in [0.25, 0.3) is 5.69 Å². The van der Waals surface area contributed by atoms with Crippen LogP contribution in [0.15, 0.2) is 51.6 Å². The molecule has 1 N–H and O–H groups in total. The molecular formula is C19H19BrN4O4. The number of amides is 1. The maximum absolute atomic E-state index is 11.6. The molecule has 0 saturated heterocycles. The van der Waals surface area contributed by atoms with Gasteiger partial charge in [-0.3, -0.25) is 14.9 Å². The van der Waals surface area contributed by atoms with Gasteiger partial charge in [-0.05, 0) is 47.0 Å². The van der Waals surface area contributed by atoms with E-state index in [0.717, 1.165) is 5.56 Å². The molecule has 146 valence electrons. The number of nitro benzene ring substituents is 1. The molecule has 0 heterocycles. The van der Waals surface area contributed by atoms with Crippen molar-refractivity contribution in [3.05, 3.63) is 62.6 Å². The lowest BCUT2D eigenvalue weighted by Gasteiger charge is -2.12. The molecule has 2 aromatic rings. The Hall–Kier alpha value is -3.07. The average Bonchev–Trinajstić information content (AvgIpc) is 2.61. The summed E-state index contributed by atoms with van der Waals surface area (Å²) in [7, 11) is 1.52. The van der Waals surface area contributed by atoms with Crippen molar-refractivity contribution in [2.45, 2.75) is 20.3 Å². The number of nitro groups is 1. The average molecular weight is 447 g/mol. The van der Waals surface area contributed by atoms with Gasteiger partial charge in [-0.1, -0.05) is 6.08 Å². The summed E-state index contributed by atoms with van der Waals surface area (Å²) in [6.45, 7) is 6.83. The number of ether oxygens (including phenoxy) is 1. The van der Waals surface area contributed by atoms with E-state index in [1.54, 1.807) is 31.2 Å². The van der Waals surface area contributed by atoms with E-state index in [0.29, 0.717) is 33.6 Å². The van der Waals surface area contributed by atoms with Crippen LogP contribution in [-0.4, -0.2) is 17.9 Å². The number of nitrogens with zero attached hydrogens (tertiary/aromatic N) is 3. The van der Waals surface area contributed by atoms with E-state index < -0.39 is 4.92 Å². The van der Waals surface area contributed by atoms with Gasteiger partial charge in [-0.25, -0.2) is 0 Å². The van der Waals surface area contributed by atoms with Gasteiger partial charge in [0, 0.05) is 24.6 Å². The summed E-state index contributed by atoms with van der Waals surface area (Å²) in [5.41, 5.74) is 2.15. The molecule has 0 atom stereocenters. The first kappa shape index (κ1) is 21.2. The third-order valence-electron chi connectivity index (χ3n) is 3.72. The highest BCUT2D eigenvalue weighted by atomic mass is 79.9. The fourth-order valence-corrected chi connectivity index (χ4v) is 3.19. The van der Waals surface area contributed by atoms with Crippen LogP contribution in [0.25, 0.3) is 0 Å². The number of allylic oxidation sites excluding steroid dienone is 1.